The van der Waals surface area contributed by atoms with Gasteiger partial charge in [-0.15, -0.1) is 0 Å². The van der Waals surface area contributed by atoms with Gasteiger partial charge < -0.3 is 29.8 Å². The standard InChI is InChI=1S/C39H54N10O4/c1-39(2,3)33(40)23-35(44-27-24-43-48(25-27)20-22-52-36-13-7-10-21-51-36)46-38(50)45-31-15-16-32(30-12-6-5-11-29(30)31)53-28-14-17-34(41)49(26-28)37(42)47-18-8-4-9-19-47/h5-6,11-12,14,17,24-26,31-32,36,40-42H,4,7-10,13,15-16,18-23H2,1-3H3,(H2,44,45,46,50). The Morgan fingerprint density at radius 2 is 1.79 bits per heavy atom. The molecule has 1 aromatic carbocycles. The van der Waals surface area contributed by atoms with E-state index >= 15 is 0 Å². The molecule has 2 saturated heterocycles. The summed E-state index contributed by atoms with van der Waals surface area (Å²) in [5.41, 5.74) is 2.80. The zero-order valence-electron chi connectivity index (χ0n) is 31.2. The van der Waals surface area contributed by atoms with Crippen LogP contribution in [-0.4, -0.2) is 75.4 Å². The summed E-state index contributed by atoms with van der Waals surface area (Å²) in [7, 11) is 0. The Hall–Kier alpha value is -4.82. The molecule has 3 aromatic rings. The van der Waals surface area contributed by atoms with Crippen molar-refractivity contribution in [1.82, 2.24) is 29.9 Å². The number of urea groups is 1. The van der Waals surface area contributed by atoms with Crippen LogP contribution >= 0.6 is 0 Å². The predicted molar refractivity (Wildman–Crippen MR) is 203 cm³/mol. The Morgan fingerprint density at radius 1 is 1.00 bits per heavy atom. The third kappa shape index (κ3) is 10.2. The van der Waals surface area contributed by atoms with Gasteiger partial charge in [0.2, 0.25) is 5.96 Å². The van der Waals surface area contributed by atoms with Gasteiger partial charge in [-0.1, -0.05) is 45.0 Å². The van der Waals surface area contributed by atoms with E-state index in [0.29, 0.717) is 54.9 Å². The van der Waals surface area contributed by atoms with Gasteiger partial charge in [-0.05, 0) is 80.0 Å². The van der Waals surface area contributed by atoms with Crippen molar-refractivity contribution in [2.45, 2.75) is 104 Å². The van der Waals surface area contributed by atoms with Gasteiger partial charge in [0.1, 0.15) is 28.9 Å². The molecule has 2 fully saturated rings. The molecule has 0 spiro atoms. The number of piperidine rings is 1. The summed E-state index contributed by atoms with van der Waals surface area (Å²) in [5.74, 6) is 1.24. The van der Waals surface area contributed by atoms with Gasteiger partial charge in [-0.2, -0.15) is 5.10 Å². The van der Waals surface area contributed by atoms with E-state index in [-0.39, 0.29) is 30.3 Å². The number of benzene rings is 1. The Bertz CT molecular complexity index is 1830. The molecule has 3 aliphatic rings. The largest absolute Gasteiger partial charge is 0.484 e. The number of nitrogens with zero attached hydrogens (tertiary/aromatic N) is 5. The number of carbonyl (C=O) groups excluding carboxylic acids is 1. The number of ether oxygens (including phenoxy) is 3. The fourth-order valence-electron chi connectivity index (χ4n) is 6.85. The maximum absolute atomic E-state index is 13.6. The van der Waals surface area contributed by atoms with E-state index in [2.05, 4.69) is 15.7 Å². The quantitative estimate of drug-likeness (QED) is 0.119. The number of hydrogen-bond acceptors (Lipinski definition) is 9. The highest BCUT2D eigenvalue weighted by Gasteiger charge is 2.30. The predicted octanol–water partition coefficient (Wildman–Crippen LogP) is 6.42. The number of fused-ring (bicyclic) bond motifs is 1. The first-order valence-corrected chi connectivity index (χ1v) is 18.9. The van der Waals surface area contributed by atoms with Gasteiger partial charge in [0.15, 0.2) is 6.29 Å². The first kappa shape index (κ1) is 37.9. The average Bonchev–Trinajstić information content (AvgIpc) is 3.60. The van der Waals surface area contributed by atoms with Crippen molar-refractivity contribution in [3.63, 3.8) is 0 Å². The molecule has 284 valence electrons. The molecule has 14 nitrogen and oxygen atoms in total. The first-order valence-electron chi connectivity index (χ1n) is 18.9. The smallest absolute Gasteiger partial charge is 0.320 e. The van der Waals surface area contributed by atoms with Gasteiger partial charge in [-0.25, -0.2) is 9.79 Å². The second-order valence-corrected chi connectivity index (χ2v) is 15.0. The van der Waals surface area contributed by atoms with E-state index in [1.54, 1.807) is 40.0 Å². The maximum atomic E-state index is 13.6. The lowest BCUT2D eigenvalue weighted by atomic mass is 9.85. The number of amidine groups is 1. The van der Waals surface area contributed by atoms with Crippen molar-refractivity contribution in [3.05, 3.63) is 71.6 Å². The summed E-state index contributed by atoms with van der Waals surface area (Å²) in [6.45, 7) is 9.29. The highest BCUT2D eigenvalue weighted by atomic mass is 16.7. The van der Waals surface area contributed by atoms with Crippen molar-refractivity contribution < 1.29 is 19.0 Å². The topological polar surface area (TPSA) is 179 Å². The van der Waals surface area contributed by atoms with E-state index in [0.717, 1.165) is 62.9 Å². The molecule has 5 N–H and O–H groups in total. The lowest BCUT2D eigenvalue weighted by Crippen LogP contribution is -2.43. The molecule has 3 atom stereocenters. The average molecular weight is 727 g/mol. The van der Waals surface area contributed by atoms with Crippen LogP contribution in [0.4, 0.5) is 10.5 Å². The molecule has 1 aliphatic carbocycles. The van der Waals surface area contributed by atoms with Gasteiger partial charge in [-0.3, -0.25) is 25.4 Å². The second kappa shape index (κ2) is 17.3. The highest BCUT2D eigenvalue weighted by Crippen LogP contribution is 2.38. The molecular weight excluding hydrogens is 672 g/mol. The number of nitrogens with one attached hydrogen (secondary N) is 5. The Balaban J connectivity index is 1.11. The van der Waals surface area contributed by atoms with E-state index in [1.807, 2.05) is 49.9 Å². The number of hydrogen-bond donors (Lipinski definition) is 5. The van der Waals surface area contributed by atoms with Crippen LogP contribution in [0.3, 0.4) is 0 Å². The van der Waals surface area contributed by atoms with Crippen molar-refractivity contribution in [1.29, 1.82) is 16.2 Å². The van der Waals surface area contributed by atoms with Crippen LogP contribution < -0.4 is 20.9 Å². The van der Waals surface area contributed by atoms with Crippen LogP contribution in [0, 0.1) is 21.6 Å². The zero-order valence-corrected chi connectivity index (χ0v) is 31.2. The minimum Gasteiger partial charge on any atom is -0.484 e. The fraction of sp³-hybridized carbons (Fsp3) is 0.538. The van der Waals surface area contributed by atoms with E-state index in [1.165, 1.54) is 6.42 Å². The Kier molecular flexibility index (Phi) is 12.4. The van der Waals surface area contributed by atoms with Crippen LogP contribution in [0.2, 0.25) is 0 Å². The van der Waals surface area contributed by atoms with Crippen molar-refractivity contribution in [2.75, 3.05) is 26.3 Å². The number of amides is 2. The van der Waals surface area contributed by atoms with Gasteiger partial charge in [0, 0.05) is 31.8 Å². The van der Waals surface area contributed by atoms with Crippen molar-refractivity contribution in [3.8, 4) is 5.75 Å². The lowest BCUT2D eigenvalue weighted by molar-refractivity contribution is -0.163. The van der Waals surface area contributed by atoms with Crippen LogP contribution in [0.25, 0.3) is 0 Å². The Labute approximate surface area is 311 Å². The maximum Gasteiger partial charge on any atom is 0.320 e. The summed E-state index contributed by atoms with van der Waals surface area (Å²) in [5, 5.41) is 36.4. The first-order chi connectivity index (χ1) is 25.5. The number of carbonyl (C=O) groups is 1. The third-order valence-corrected chi connectivity index (χ3v) is 9.98. The Morgan fingerprint density at radius 3 is 2.55 bits per heavy atom. The number of aliphatic imine (C=N–C) groups is 1. The van der Waals surface area contributed by atoms with Gasteiger partial charge >= 0.3 is 6.03 Å². The van der Waals surface area contributed by atoms with Crippen molar-refractivity contribution >= 4 is 29.2 Å². The van der Waals surface area contributed by atoms with Crippen LogP contribution in [-0.2, 0) is 16.0 Å². The molecule has 14 heteroatoms. The van der Waals surface area contributed by atoms with Crippen molar-refractivity contribution in [2.24, 2.45) is 10.4 Å². The lowest BCUT2D eigenvalue weighted by Gasteiger charge is -2.33. The summed E-state index contributed by atoms with van der Waals surface area (Å²) in [6, 6.07) is 10.7. The van der Waals surface area contributed by atoms with Crippen LogP contribution in [0.5, 0.6) is 5.75 Å². The molecule has 0 radical (unpaired) electrons. The summed E-state index contributed by atoms with van der Waals surface area (Å²) in [6.07, 6.45) is 12.6. The van der Waals surface area contributed by atoms with Crippen LogP contribution in [0.1, 0.15) is 102 Å². The monoisotopic (exact) mass is 726 g/mol. The third-order valence-electron chi connectivity index (χ3n) is 9.98. The normalized spacial score (nSPS) is 20.7. The summed E-state index contributed by atoms with van der Waals surface area (Å²) < 4.78 is 21.4. The number of likely N-dealkylation sites (tertiary alicyclic amines) is 1. The molecule has 4 heterocycles. The minimum absolute atomic E-state index is 0.163. The second-order valence-electron chi connectivity index (χ2n) is 15.0. The van der Waals surface area contributed by atoms with E-state index in [4.69, 9.17) is 35.4 Å². The van der Waals surface area contributed by atoms with Gasteiger partial charge in [0.25, 0.3) is 0 Å². The molecular formula is C39H54N10O4. The number of rotatable bonds is 10. The molecule has 2 aliphatic heterocycles. The fourth-order valence-corrected chi connectivity index (χ4v) is 6.85. The molecule has 3 unspecified atom stereocenters. The highest BCUT2D eigenvalue weighted by molar-refractivity contribution is 6.09. The molecule has 6 rings (SSSR count). The molecule has 53 heavy (non-hydrogen) atoms. The number of pyridine rings is 1. The van der Waals surface area contributed by atoms with E-state index < -0.39 is 11.4 Å². The molecule has 2 aromatic heterocycles. The molecule has 2 amide bonds. The van der Waals surface area contributed by atoms with Crippen LogP contribution in [0.15, 0.2) is 60.0 Å². The minimum atomic E-state index is -0.402. The summed E-state index contributed by atoms with van der Waals surface area (Å²) in [4.78, 5) is 20.3. The molecule has 0 saturated carbocycles. The number of aromatic nitrogens is 3. The SMILES string of the molecule is CC(C)(C)C(=N)CC(=Nc1cnn(CCOC2CCCCO2)c1)NC(=O)NC1CCC(Oc2ccc(=N)n(C(=N)N3CCCCC3)c2)c2ccccc21. The van der Waals surface area contributed by atoms with Gasteiger partial charge in [0.05, 0.1) is 37.8 Å². The zero-order chi connectivity index (χ0) is 37.4. The molecule has 0 bridgehead atoms. The van der Waals surface area contributed by atoms with E-state index in [9.17, 15) is 4.79 Å². The summed E-state index contributed by atoms with van der Waals surface area (Å²) >= 11 is 0.